The quantitative estimate of drug-likeness (QED) is 0.774. The minimum atomic E-state index is 0.00709. The van der Waals surface area contributed by atoms with Crippen molar-refractivity contribution in [1.29, 1.82) is 0 Å². The standard InChI is InChI=1S/C18H37N3O/c1-17(2,3)21-11-9-19(10-12-21)7-8-20-13-16(14-20)15-22-18(4,5)6/h16H,7-15H2,1-6H3. The summed E-state index contributed by atoms with van der Waals surface area (Å²) in [5, 5.41) is 0. The highest BCUT2D eigenvalue weighted by molar-refractivity contribution is 4.84. The summed E-state index contributed by atoms with van der Waals surface area (Å²) in [4.78, 5) is 7.81. The molecule has 0 radical (unpaired) electrons. The van der Waals surface area contributed by atoms with E-state index in [9.17, 15) is 0 Å². The summed E-state index contributed by atoms with van der Waals surface area (Å²) in [5.74, 6) is 0.747. The maximum absolute atomic E-state index is 5.88. The number of hydrogen-bond donors (Lipinski definition) is 0. The normalized spacial score (nSPS) is 23.7. The monoisotopic (exact) mass is 311 g/mol. The van der Waals surface area contributed by atoms with Gasteiger partial charge in [-0.1, -0.05) is 0 Å². The topological polar surface area (TPSA) is 19.0 Å². The Morgan fingerprint density at radius 3 is 1.86 bits per heavy atom. The zero-order valence-electron chi connectivity index (χ0n) is 15.7. The average Bonchev–Trinajstić information content (AvgIpc) is 2.34. The van der Waals surface area contributed by atoms with Gasteiger partial charge >= 0.3 is 0 Å². The molecule has 22 heavy (non-hydrogen) atoms. The zero-order chi connectivity index (χ0) is 16.4. The van der Waals surface area contributed by atoms with Crippen molar-refractivity contribution in [3.63, 3.8) is 0 Å². The SMILES string of the molecule is CC(C)(C)OCC1CN(CCN2CCN(C(C)(C)C)CC2)C1. The van der Waals surface area contributed by atoms with E-state index >= 15 is 0 Å². The first-order chi connectivity index (χ1) is 10.1. The molecule has 2 aliphatic heterocycles. The van der Waals surface area contributed by atoms with Crippen molar-refractivity contribution in [2.75, 3.05) is 59.0 Å². The number of nitrogens with zero attached hydrogens (tertiary/aromatic N) is 3. The summed E-state index contributed by atoms with van der Waals surface area (Å²) in [6.45, 7) is 24.1. The predicted octanol–water partition coefficient (Wildman–Crippen LogP) is 2.15. The molecule has 2 aliphatic rings. The Balaban J connectivity index is 1.54. The van der Waals surface area contributed by atoms with Gasteiger partial charge in [-0.2, -0.15) is 0 Å². The molecule has 2 saturated heterocycles. The summed E-state index contributed by atoms with van der Waals surface area (Å²) in [7, 11) is 0. The lowest BCUT2D eigenvalue weighted by Gasteiger charge is -2.44. The van der Waals surface area contributed by atoms with Gasteiger partial charge in [0.15, 0.2) is 0 Å². The van der Waals surface area contributed by atoms with Crippen LogP contribution in [-0.2, 0) is 4.74 Å². The Bertz CT molecular complexity index is 331. The highest BCUT2D eigenvalue weighted by Crippen LogP contribution is 2.19. The van der Waals surface area contributed by atoms with Gasteiger partial charge in [-0.15, -0.1) is 0 Å². The zero-order valence-corrected chi connectivity index (χ0v) is 15.7. The number of ether oxygens (including phenoxy) is 1. The molecule has 4 nitrogen and oxygen atoms in total. The lowest BCUT2D eigenvalue weighted by Crippen LogP contribution is -2.56. The van der Waals surface area contributed by atoms with Crippen molar-refractivity contribution in [2.45, 2.75) is 52.7 Å². The number of piperazine rings is 1. The Labute approximate surface area is 137 Å². The van der Waals surface area contributed by atoms with Gasteiger partial charge in [0.05, 0.1) is 12.2 Å². The second-order valence-electron chi connectivity index (χ2n) is 9.05. The van der Waals surface area contributed by atoms with Crippen molar-refractivity contribution in [1.82, 2.24) is 14.7 Å². The molecule has 0 aromatic heterocycles. The molecule has 0 saturated carbocycles. The van der Waals surface area contributed by atoms with Gasteiger partial charge in [-0.25, -0.2) is 0 Å². The van der Waals surface area contributed by atoms with Crippen LogP contribution in [-0.4, -0.2) is 84.8 Å². The minimum Gasteiger partial charge on any atom is -0.375 e. The van der Waals surface area contributed by atoms with Gasteiger partial charge in [0.25, 0.3) is 0 Å². The maximum Gasteiger partial charge on any atom is 0.0598 e. The highest BCUT2D eigenvalue weighted by Gasteiger charge is 2.29. The van der Waals surface area contributed by atoms with Crippen LogP contribution in [0.4, 0.5) is 0 Å². The maximum atomic E-state index is 5.88. The van der Waals surface area contributed by atoms with Crippen LogP contribution in [0.25, 0.3) is 0 Å². The molecule has 2 heterocycles. The third-order valence-corrected chi connectivity index (χ3v) is 4.84. The van der Waals surface area contributed by atoms with E-state index in [1.54, 1.807) is 0 Å². The highest BCUT2D eigenvalue weighted by atomic mass is 16.5. The molecule has 2 fully saturated rings. The van der Waals surface area contributed by atoms with Crippen LogP contribution in [0.2, 0.25) is 0 Å². The first kappa shape index (κ1) is 18.2. The lowest BCUT2D eigenvalue weighted by molar-refractivity contribution is -0.0579. The average molecular weight is 312 g/mol. The van der Waals surface area contributed by atoms with Crippen LogP contribution < -0.4 is 0 Å². The fraction of sp³-hybridized carbons (Fsp3) is 1.00. The van der Waals surface area contributed by atoms with Crippen molar-refractivity contribution >= 4 is 0 Å². The van der Waals surface area contributed by atoms with Gasteiger partial charge in [-0.05, 0) is 41.5 Å². The molecular weight excluding hydrogens is 274 g/mol. The predicted molar refractivity (Wildman–Crippen MR) is 93.4 cm³/mol. The van der Waals surface area contributed by atoms with E-state index in [0.29, 0.717) is 5.54 Å². The fourth-order valence-corrected chi connectivity index (χ4v) is 3.26. The van der Waals surface area contributed by atoms with Crippen LogP contribution >= 0.6 is 0 Å². The minimum absolute atomic E-state index is 0.00709. The van der Waals surface area contributed by atoms with Crippen LogP contribution in [0.1, 0.15) is 41.5 Å². The Morgan fingerprint density at radius 1 is 0.818 bits per heavy atom. The largest absolute Gasteiger partial charge is 0.375 e. The second-order valence-corrected chi connectivity index (χ2v) is 9.05. The third kappa shape index (κ3) is 5.80. The van der Waals surface area contributed by atoms with Crippen LogP contribution in [0.15, 0.2) is 0 Å². The summed E-state index contributed by atoms with van der Waals surface area (Å²) in [6, 6.07) is 0. The van der Waals surface area contributed by atoms with Crippen LogP contribution in [0.5, 0.6) is 0 Å². The number of hydrogen-bond acceptors (Lipinski definition) is 4. The van der Waals surface area contributed by atoms with Crippen molar-refractivity contribution in [2.24, 2.45) is 5.92 Å². The molecule has 0 aromatic rings. The summed E-state index contributed by atoms with van der Waals surface area (Å²) in [5.41, 5.74) is 0.330. The molecular formula is C18H37N3O. The van der Waals surface area contributed by atoms with Crippen molar-refractivity contribution < 1.29 is 4.74 Å². The molecule has 0 unspecified atom stereocenters. The second kappa shape index (κ2) is 7.16. The Kier molecular flexibility index (Phi) is 5.92. The van der Waals surface area contributed by atoms with Gasteiger partial charge in [0.2, 0.25) is 0 Å². The number of rotatable bonds is 5. The fourth-order valence-electron chi connectivity index (χ4n) is 3.26. The van der Waals surface area contributed by atoms with E-state index in [2.05, 4.69) is 56.2 Å². The first-order valence-corrected chi connectivity index (χ1v) is 8.97. The van der Waals surface area contributed by atoms with Gasteiger partial charge in [0, 0.05) is 63.8 Å². The molecule has 0 amide bonds. The summed E-state index contributed by atoms with van der Waals surface area (Å²) < 4.78 is 5.88. The molecule has 0 aromatic carbocycles. The summed E-state index contributed by atoms with van der Waals surface area (Å²) in [6.07, 6.45) is 0. The third-order valence-electron chi connectivity index (χ3n) is 4.84. The van der Waals surface area contributed by atoms with E-state index in [0.717, 1.165) is 12.5 Å². The smallest absolute Gasteiger partial charge is 0.0598 e. The molecule has 0 aliphatic carbocycles. The molecule has 130 valence electrons. The summed E-state index contributed by atoms with van der Waals surface area (Å²) >= 11 is 0. The van der Waals surface area contributed by atoms with Crippen molar-refractivity contribution in [3.8, 4) is 0 Å². The Morgan fingerprint density at radius 2 is 1.36 bits per heavy atom. The van der Waals surface area contributed by atoms with Crippen molar-refractivity contribution in [3.05, 3.63) is 0 Å². The van der Waals surface area contributed by atoms with Gasteiger partial charge in [-0.3, -0.25) is 9.80 Å². The molecule has 4 heteroatoms. The number of likely N-dealkylation sites (tertiary alicyclic amines) is 1. The van der Waals surface area contributed by atoms with E-state index in [4.69, 9.17) is 4.74 Å². The molecule has 0 spiro atoms. The van der Waals surface area contributed by atoms with Gasteiger partial charge in [0.1, 0.15) is 0 Å². The first-order valence-electron chi connectivity index (χ1n) is 8.97. The van der Waals surface area contributed by atoms with E-state index in [-0.39, 0.29) is 5.60 Å². The lowest BCUT2D eigenvalue weighted by atomic mass is 10.0. The van der Waals surface area contributed by atoms with Gasteiger partial charge < -0.3 is 9.64 Å². The molecule has 0 N–H and O–H groups in total. The Hall–Kier alpha value is -0.160. The van der Waals surface area contributed by atoms with Crippen LogP contribution in [0.3, 0.4) is 0 Å². The van der Waals surface area contributed by atoms with E-state index < -0.39 is 0 Å². The molecule has 0 atom stereocenters. The molecule has 2 rings (SSSR count). The molecule has 0 bridgehead atoms. The van der Waals surface area contributed by atoms with Crippen LogP contribution in [0, 0.1) is 5.92 Å². The van der Waals surface area contributed by atoms with E-state index in [1.807, 2.05) is 0 Å². The van der Waals surface area contributed by atoms with E-state index in [1.165, 1.54) is 52.4 Å².